The molecule has 0 aliphatic rings. The molecule has 1 amide bonds. The van der Waals surface area contributed by atoms with Crippen LogP contribution in [0.3, 0.4) is 0 Å². The van der Waals surface area contributed by atoms with E-state index < -0.39 is 5.91 Å². The van der Waals surface area contributed by atoms with E-state index in [1.54, 1.807) is 56.7 Å². The molecule has 0 saturated carbocycles. The Morgan fingerprint density at radius 3 is 2.54 bits per heavy atom. The Labute approximate surface area is 161 Å². The SMILES string of the molecule is COc1ccc(OC)c(Nc2cnc(C(=O)Nc3ccccc3C#N)cn2)c1. The van der Waals surface area contributed by atoms with Crippen molar-refractivity contribution >= 4 is 23.1 Å². The van der Waals surface area contributed by atoms with Crippen molar-refractivity contribution in [3.8, 4) is 17.6 Å². The molecule has 140 valence electrons. The van der Waals surface area contributed by atoms with Crippen molar-refractivity contribution in [1.29, 1.82) is 5.26 Å². The van der Waals surface area contributed by atoms with E-state index in [1.165, 1.54) is 12.4 Å². The van der Waals surface area contributed by atoms with Gasteiger partial charge in [-0.3, -0.25) is 4.79 Å². The first-order valence-electron chi connectivity index (χ1n) is 8.26. The predicted molar refractivity (Wildman–Crippen MR) is 104 cm³/mol. The number of nitriles is 1. The predicted octanol–water partition coefficient (Wildman–Crippen LogP) is 3.36. The Morgan fingerprint density at radius 1 is 1.04 bits per heavy atom. The number of rotatable bonds is 6. The molecule has 8 heteroatoms. The van der Waals surface area contributed by atoms with Gasteiger partial charge < -0.3 is 20.1 Å². The zero-order valence-corrected chi connectivity index (χ0v) is 15.3. The molecule has 0 saturated heterocycles. The van der Waals surface area contributed by atoms with E-state index in [0.717, 1.165) is 0 Å². The van der Waals surface area contributed by atoms with Crippen LogP contribution in [0.1, 0.15) is 16.1 Å². The van der Waals surface area contributed by atoms with Gasteiger partial charge in [-0.2, -0.15) is 5.26 Å². The van der Waals surface area contributed by atoms with E-state index in [4.69, 9.17) is 14.7 Å². The van der Waals surface area contributed by atoms with Crippen LogP contribution in [0.4, 0.5) is 17.2 Å². The molecule has 0 fully saturated rings. The Balaban J connectivity index is 1.75. The summed E-state index contributed by atoms with van der Waals surface area (Å²) in [7, 11) is 3.13. The molecule has 2 aromatic carbocycles. The quantitative estimate of drug-likeness (QED) is 0.680. The number of ether oxygens (including phenoxy) is 2. The van der Waals surface area contributed by atoms with Crippen LogP contribution >= 0.6 is 0 Å². The van der Waals surface area contributed by atoms with Crippen molar-refractivity contribution < 1.29 is 14.3 Å². The normalized spacial score (nSPS) is 9.89. The maximum atomic E-state index is 12.4. The smallest absolute Gasteiger partial charge is 0.275 e. The molecule has 0 radical (unpaired) electrons. The molecule has 28 heavy (non-hydrogen) atoms. The molecular weight excluding hydrogens is 358 g/mol. The lowest BCUT2D eigenvalue weighted by molar-refractivity contribution is 0.102. The van der Waals surface area contributed by atoms with E-state index in [0.29, 0.717) is 34.3 Å². The first kappa shape index (κ1) is 18.7. The first-order chi connectivity index (χ1) is 13.6. The third-order valence-electron chi connectivity index (χ3n) is 3.85. The number of nitrogens with zero attached hydrogens (tertiary/aromatic N) is 3. The lowest BCUT2D eigenvalue weighted by Gasteiger charge is -2.12. The standard InChI is InChI=1S/C20H17N5O3/c1-27-14-7-8-18(28-2)16(9-14)24-19-12-22-17(11-23-19)20(26)25-15-6-4-3-5-13(15)10-21/h3-9,11-12H,1-2H3,(H,23,24)(H,25,26). The Hall–Kier alpha value is -4.12. The van der Waals surface area contributed by atoms with Gasteiger partial charge >= 0.3 is 0 Å². The number of anilines is 3. The van der Waals surface area contributed by atoms with Crippen LogP contribution in [0.15, 0.2) is 54.9 Å². The van der Waals surface area contributed by atoms with Crippen LogP contribution in [-0.2, 0) is 0 Å². The lowest BCUT2D eigenvalue weighted by Crippen LogP contribution is -2.15. The summed E-state index contributed by atoms with van der Waals surface area (Å²) >= 11 is 0. The molecule has 3 rings (SSSR count). The van der Waals surface area contributed by atoms with E-state index in [1.807, 2.05) is 6.07 Å². The highest BCUT2D eigenvalue weighted by atomic mass is 16.5. The van der Waals surface area contributed by atoms with Gasteiger partial charge in [0, 0.05) is 6.07 Å². The zero-order chi connectivity index (χ0) is 19.9. The van der Waals surface area contributed by atoms with Crippen LogP contribution in [-0.4, -0.2) is 30.1 Å². The number of para-hydroxylation sites is 1. The molecule has 2 N–H and O–H groups in total. The average Bonchev–Trinajstić information content (AvgIpc) is 2.74. The molecule has 0 spiro atoms. The molecule has 0 atom stereocenters. The van der Waals surface area contributed by atoms with Crippen molar-refractivity contribution in [2.45, 2.75) is 0 Å². The molecule has 1 heterocycles. The highest BCUT2D eigenvalue weighted by Gasteiger charge is 2.12. The summed E-state index contributed by atoms with van der Waals surface area (Å²) in [4.78, 5) is 20.7. The number of nitrogens with one attached hydrogen (secondary N) is 2. The maximum absolute atomic E-state index is 12.4. The molecule has 3 aromatic rings. The average molecular weight is 375 g/mol. The molecule has 1 aromatic heterocycles. The molecule has 0 aliphatic carbocycles. The lowest BCUT2D eigenvalue weighted by atomic mass is 10.2. The second kappa shape index (κ2) is 8.51. The fourth-order valence-electron chi connectivity index (χ4n) is 2.44. The van der Waals surface area contributed by atoms with Crippen LogP contribution in [0, 0.1) is 11.3 Å². The largest absolute Gasteiger partial charge is 0.497 e. The molecule has 0 bridgehead atoms. The van der Waals surface area contributed by atoms with E-state index in [2.05, 4.69) is 20.6 Å². The number of carbonyl (C=O) groups is 1. The number of aromatic nitrogens is 2. The van der Waals surface area contributed by atoms with Crippen molar-refractivity contribution in [1.82, 2.24) is 9.97 Å². The second-order valence-electron chi connectivity index (χ2n) is 5.59. The minimum atomic E-state index is -0.458. The van der Waals surface area contributed by atoms with Crippen molar-refractivity contribution in [3.63, 3.8) is 0 Å². The number of amides is 1. The van der Waals surface area contributed by atoms with Crippen molar-refractivity contribution in [2.24, 2.45) is 0 Å². The summed E-state index contributed by atoms with van der Waals surface area (Å²) in [5.74, 6) is 1.24. The second-order valence-corrected chi connectivity index (χ2v) is 5.59. The highest BCUT2D eigenvalue weighted by Crippen LogP contribution is 2.30. The van der Waals surface area contributed by atoms with Gasteiger partial charge in [-0.05, 0) is 24.3 Å². The number of methoxy groups -OCH3 is 2. The molecule has 8 nitrogen and oxygen atoms in total. The van der Waals surface area contributed by atoms with E-state index in [9.17, 15) is 4.79 Å². The van der Waals surface area contributed by atoms with Crippen LogP contribution in [0.5, 0.6) is 11.5 Å². The summed E-state index contributed by atoms with van der Waals surface area (Å²) in [6.07, 6.45) is 2.78. The van der Waals surface area contributed by atoms with Gasteiger partial charge in [-0.15, -0.1) is 0 Å². The number of hydrogen-bond acceptors (Lipinski definition) is 7. The monoisotopic (exact) mass is 375 g/mol. The Morgan fingerprint density at radius 2 is 1.86 bits per heavy atom. The van der Waals surface area contributed by atoms with Crippen LogP contribution in [0.2, 0.25) is 0 Å². The summed E-state index contributed by atoms with van der Waals surface area (Å²) in [6, 6.07) is 14.1. The molecule has 0 unspecified atom stereocenters. The fourth-order valence-corrected chi connectivity index (χ4v) is 2.44. The summed E-state index contributed by atoms with van der Waals surface area (Å²) < 4.78 is 10.5. The van der Waals surface area contributed by atoms with Gasteiger partial charge in [0.05, 0.1) is 43.6 Å². The summed E-state index contributed by atoms with van der Waals surface area (Å²) in [5, 5.41) is 14.8. The third kappa shape index (κ3) is 4.16. The number of hydrogen-bond donors (Lipinski definition) is 2. The molecular formula is C20H17N5O3. The number of benzene rings is 2. The third-order valence-corrected chi connectivity index (χ3v) is 3.85. The van der Waals surface area contributed by atoms with Crippen molar-refractivity contribution in [2.75, 3.05) is 24.9 Å². The van der Waals surface area contributed by atoms with E-state index >= 15 is 0 Å². The van der Waals surface area contributed by atoms with E-state index in [-0.39, 0.29) is 5.69 Å². The summed E-state index contributed by atoms with van der Waals surface area (Å²) in [6.45, 7) is 0. The van der Waals surface area contributed by atoms with Gasteiger partial charge in [0.25, 0.3) is 5.91 Å². The topological polar surface area (TPSA) is 109 Å². The van der Waals surface area contributed by atoms with Gasteiger partial charge in [0.15, 0.2) is 0 Å². The maximum Gasteiger partial charge on any atom is 0.275 e. The van der Waals surface area contributed by atoms with Gasteiger partial charge in [-0.25, -0.2) is 9.97 Å². The van der Waals surface area contributed by atoms with Gasteiger partial charge in [-0.1, -0.05) is 12.1 Å². The Kier molecular flexibility index (Phi) is 5.67. The molecule has 0 aliphatic heterocycles. The van der Waals surface area contributed by atoms with Crippen LogP contribution < -0.4 is 20.1 Å². The van der Waals surface area contributed by atoms with Crippen molar-refractivity contribution in [3.05, 3.63) is 66.1 Å². The highest BCUT2D eigenvalue weighted by molar-refractivity contribution is 6.03. The Bertz CT molecular complexity index is 1030. The summed E-state index contributed by atoms with van der Waals surface area (Å²) in [5.41, 5.74) is 1.56. The zero-order valence-electron chi connectivity index (χ0n) is 15.3. The minimum absolute atomic E-state index is 0.121. The fraction of sp³-hybridized carbons (Fsp3) is 0.100. The first-order valence-corrected chi connectivity index (χ1v) is 8.26. The van der Waals surface area contributed by atoms with Gasteiger partial charge in [0.2, 0.25) is 0 Å². The van der Waals surface area contributed by atoms with Gasteiger partial charge in [0.1, 0.15) is 29.1 Å². The minimum Gasteiger partial charge on any atom is -0.497 e. The van der Waals surface area contributed by atoms with Crippen LogP contribution in [0.25, 0.3) is 0 Å². The number of carbonyl (C=O) groups excluding carboxylic acids is 1.